The SMILES string of the molecule is O[C@]1(c2cn[nH]n2)CCN(Cc2ccc(-c3ccc(Cl)cc3)o2)C1. The minimum atomic E-state index is -0.946. The highest BCUT2D eigenvalue weighted by Crippen LogP contribution is 2.32. The number of nitrogens with one attached hydrogen (secondary N) is 1. The third-order valence-corrected chi connectivity index (χ3v) is 4.64. The van der Waals surface area contributed by atoms with E-state index < -0.39 is 5.60 Å². The minimum Gasteiger partial charge on any atom is -0.460 e. The Bertz CT molecular complexity index is 816. The molecule has 1 saturated heterocycles. The van der Waals surface area contributed by atoms with E-state index in [0.717, 1.165) is 23.6 Å². The lowest BCUT2D eigenvalue weighted by molar-refractivity contribution is 0.0402. The average Bonchev–Trinajstić information content (AvgIpc) is 3.30. The van der Waals surface area contributed by atoms with Crippen molar-refractivity contribution in [1.82, 2.24) is 20.3 Å². The Labute approximate surface area is 144 Å². The molecule has 0 bridgehead atoms. The third-order valence-electron chi connectivity index (χ3n) is 4.39. The maximum atomic E-state index is 10.7. The Balaban J connectivity index is 1.44. The van der Waals surface area contributed by atoms with Crippen molar-refractivity contribution in [1.29, 1.82) is 0 Å². The molecule has 4 rings (SSSR count). The highest BCUT2D eigenvalue weighted by molar-refractivity contribution is 6.30. The quantitative estimate of drug-likeness (QED) is 0.761. The van der Waals surface area contributed by atoms with Crippen LogP contribution < -0.4 is 0 Å². The number of nitrogens with zero attached hydrogens (tertiary/aromatic N) is 3. The number of likely N-dealkylation sites (tertiary alicyclic amines) is 1. The summed E-state index contributed by atoms with van der Waals surface area (Å²) in [6.45, 7) is 1.94. The lowest BCUT2D eigenvalue weighted by Crippen LogP contribution is -2.30. The van der Waals surface area contributed by atoms with Gasteiger partial charge in [-0.05, 0) is 42.8 Å². The van der Waals surface area contributed by atoms with Gasteiger partial charge in [0.25, 0.3) is 0 Å². The average molecular weight is 345 g/mol. The first-order valence-electron chi connectivity index (χ1n) is 7.78. The Morgan fingerprint density at radius 1 is 1.25 bits per heavy atom. The van der Waals surface area contributed by atoms with Gasteiger partial charge in [-0.25, -0.2) is 0 Å². The summed E-state index contributed by atoms with van der Waals surface area (Å²) in [6.07, 6.45) is 2.21. The van der Waals surface area contributed by atoms with Crippen LogP contribution in [0.1, 0.15) is 17.9 Å². The fourth-order valence-electron chi connectivity index (χ4n) is 3.09. The van der Waals surface area contributed by atoms with Crippen LogP contribution >= 0.6 is 11.6 Å². The van der Waals surface area contributed by atoms with Gasteiger partial charge in [0.15, 0.2) is 0 Å². The predicted octanol–water partition coefficient (Wildman–Crippen LogP) is 2.81. The van der Waals surface area contributed by atoms with Crippen molar-refractivity contribution in [3.8, 4) is 11.3 Å². The zero-order valence-electron chi connectivity index (χ0n) is 12.9. The second kappa shape index (κ2) is 6.05. The van der Waals surface area contributed by atoms with Crippen LogP contribution in [0.15, 0.2) is 47.0 Å². The van der Waals surface area contributed by atoms with Gasteiger partial charge in [0.1, 0.15) is 22.8 Å². The van der Waals surface area contributed by atoms with Crippen molar-refractivity contribution >= 4 is 11.6 Å². The molecule has 124 valence electrons. The maximum absolute atomic E-state index is 10.7. The topological polar surface area (TPSA) is 78.2 Å². The summed E-state index contributed by atoms with van der Waals surface area (Å²) < 4.78 is 5.93. The largest absolute Gasteiger partial charge is 0.460 e. The fourth-order valence-corrected chi connectivity index (χ4v) is 3.22. The van der Waals surface area contributed by atoms with Gasteiger partial charge >= 0.3 is 0 Å². The van der Waals surface area contributed by atoms with Crippen LogP contribution in [0.4, 0.5) is 0 Å². The summed E-state index contributed by atoms with van der Waals surface area (Å²) in [6, 6.07) is 11.5. The molecule has 3 aromatic rings. The first-order chi connectivity index (χ1) is 11.6. The van der Waals surface area contributed by atoms with Crippen molar-refractivity contribution in [3.63, 3.8) is 0 Å². The summed E-state index contributed by atoms with van der Waals surface area (Å²) in [5, 5.41) is 21.8. The molecule has 0 spiro atoms. The number of aliphatic hydroxyl groups is 1. The number of rotatable bonds is 4. The highest BCUT2D eigenvalue weighted by atomic mass is 35.5. The molecule has 0 amide bonds. The van der Waals surface area contributed by atoms with Crippen molar-refractivity contribution in [3.05, 3.63) is 59.1 Å². The molecule has 6 nitrogen and oxygen atoms in total. The molecule has 1 fully saturated rings. The number of β-amino-alcohol motifs (C(OH)–C–C–N with tert-alkyl or cyclic N) is 1. The number of furan rings is 1. The Kier molecular flexibility index (Phi) is 3.88. The van der Waals surface area contributed by atoms with Gasteiger partial charge in [-0.2, -0.15) is 15.4 Å². The third kappa shape index (κ3) is 2.96. The molecule has 1 atom stereocenters. The summed E-state index contributed by atoms with van der Waals surface area (Å²) >= 11 is 5.91. The van der Waals surface area contributed by atoms with Gasteiger partial charge < -0.3 is 9.52 Å². The summed E-state index contributed by atoms with van der Waals surface area (Å²) in [5.74, 6) is 1.68. The molecule has 0 aliphatic carbocycles. The number of benzene rings is 1. The maximum Gasteiger partial charge on any atom is 0.134 e. The molecule has 2 aromatic heterocycles. The molecule has 1 aromatic carbocycles. The molecule has 1 aliphatic heterocycles. The van der Waals surface area contributed by atoms with Gasteiger partial charge in [-0.15, -0.1) is 0 Å². The van der Waals surface area contributed by atoms with Gasteiger partial charge in [0.2, 0.25) is 0 Å². The zero-order chi connectivity index (χ0) is 16.6. The van der Waals surface area contributed by atoms with Crippen LogP contribution in [-0.2, 0) is 12.1 Å². The van der Waals surface area contributed by atoms with Crippen LogP contribution in [-0.4, -0.2) is 38.5 Å². The number of halogens is 1. The lowest BCUT2D eigenvalue weighted by Gasteiger charge is -2.20. The number of hydrogen-bond donors (Lipinski definition) is 2. The first-order valence-corrected chi connectivity index (χ1v) is 8.16. The van der Waals surface area contributed by atoms with E-state index in [0.29, 0.717) is 30.2 Å². The van der Waals surface area contributed by atoms with E-state index in [1.165, 1.54) is 0 Å². The van der Waals surface area contributed by atoms with Gasteiger partial charge in [0.05, 0.1) is 12.7 Å². The van der Waals surface area contributed by atoms with E-state index >= 15 is 0 Å². The van der Waals surface area contributed by atoms with Crippen molar-refractivity contribution in [2.24, 2.45) is 0 Å². The molecule has 0 saturated carbocycles. The fraction of sp³-hybridized carbons (Fsp3) is 0.294. The molecule has 24 heavy (non-hydrogen) atoms. The second-order valence-electron chi connectivity index (χ2n) is 6.12. The van der Waals surface area contributed by atoms with E-state index in [4.69, 9.17) is 16.0 Å². The molecule has 1 aliphatic rings. The van der Waals surface area contributed by atoms with Gasteiger partial charge in [0, 0.05) is 23.7 Å². The normalized spacial score (nSPS) is 21.4. The Morgan fingerprint density at radius 2 is 2.08 bits per heavy atom. The Hall–Kier alpha value is -2.15. The van der Waals surface area contributed by atoms with Crippen LogP contribution in [0.3, 0.4) is 0 Å². The molecule has 0 unspecified atom stereocenters. The van der Waals surface area contributed by atoms with Gasteiger partial charge in [-0.1, -0.05) is 11.6 Å². The summed E-state index contributed by atoms with van der Waals surface area (Å²) in [4.78, 5) is 2.15. The molecule has 3 heterocycles. The first kappa shape index (κ1) is 15.4. The smallest absolute Gasteiger partial charge is 0.134 e. The molecular formula is C17H17ClN4O2. The number of aromatic nitrogens is 3. The highest BCUT2D eigenvalue weighted by Gasteiger charge is 2.39. The van der Waals surface area contributed by atoms with E-state index in [1.54, 1.807) is 6.20 Å². The number of hydrogen-bond acceptors (Lipinski definition) is 5. The lowest BCUT2D eigenvalue weighted by atomic mass is 10.0. The second-order valence-corrected chi connectivity index (χ2v) is 6.56. The Morgan fingerprint density at radius 3 is 2.83 bits per heavy atom. The predicted molar refractivity (Wildman–Crippen MR) is 89.3 cm³/mol. The number of aromatic amines is 1. The van der Waals surface area contributed by atoms with Crippen LogP contribution in [0, 0.1) is 0 Å². The van der Waals surface area contributed by atoms with E-state index in [9.17, 15) is 5.11 Å². The van der Waals surface area contributed by atoms with Crippen molar-refractivity contribution < 1.29 is 9.52 Å². The van der Waals surface area contributed by atoms with Gasteiger partial charge in [-0.3, -0.25) is 4.90 Å². The number of H-pyrrole nitrogens is 1. The van der Waals surface area contributed by atoms with E-state index in [-0.39, 0.29) is 0 Å². The van der Waals surface area contributed by atoms with E-state index in [1.807, 2.05) is 36.4 Å². The van der Waals surface area contributed by atoms with Crippen molar-refractivity contribution in [2.45, 2.75) is 18.6 Å². The molecule has 2 N–H and O–H groups in total. The van der Waals surface area contributed by atoms with Crippen LogP contribution in [0.5, 0.6) is 0 Å². The van der Waals surface area contributed by atoms with E-state index in [2.05, 4.69) is 20.3 Å². The van der Waals surface area contributed by atoms with Crippen LogP contribution in [0.25, 0.3) is 11.3 Å². The summed E-state index contributed by atoms with van der Waals surface area (Å²) in [7, 11) is 0. The monoisotopic (exact) mass is 344 g/mol. The molecular weight excluding hydrogens is 328 g/mol. The minimum absolute atomic E-state index is 0.510. The summed E-state index contributed by atoms with van der Waals surface area (Å²) in [5.41, 5.74) is 0.635. The van der Waals surface area contributed by atoms with Crippen molar-refractivity contribution in [2.75, 3.05) is 13.1 Å². The molecule has 0 radical (unpaired) electrons. The standard InChI is InChI=1S/C17H17ClN4O2/c18-13-3-1-12(2-4-13)15-6-5-14(24-15)10-22-8-7-17(23,11-22)16-9-19-21-20-16/h1-6,9,23H,7-8,10-11H2,(H,19,20,21)/t17-/m1/s1. The molecule has 7 heteroatoms. The van der Waals surface area contributed by atoms with Crippen LogP contribution in [0.2, 0.25) is 5.02 Å². The zero-order valence-corrected chi connectivity index (χ0v) is 13.7.